The number of ether oxygens (including phenoxy) is 1. The van der Waals surface area contributed by atoms with Gasteiger partial charge in [-0.1, -0.05) is 0 Å². The van der Waals surface area contributed by atoms with Gasteiger partial charge in [-0.2, -0.15) is 0 Å². The molecule has 21 heavy (non-hydrogen) atoms. The van der Waals surface area contributed by atoms with Crippen LogP contribution in [0.2, 0.25) is 0 Å². The smallest absolute Gasteiger partial charge is 0.292 e. The lowest BCUT2D eigenvalue weighted by Gasteiger charge is -2.35. The van der Waals surface area contributed by atoms with E-state index in [9.17, 15) is 25.4 Å². The molecule has 1 aromatic carbocycles. The second-order valence-electron chi connectivity index (χ2n) is 5.16. The van der Waals surface area contributed by atoms with Gasteiger partial charge in [0, 0.05) is 6.07 Å². The predicted octanol–water partition coefficient (Wildman–Crippen LogP) is 0.0625. The Hall–Kier alpha value is -1.74. The summed E-state index contributed by atoms with van der Waals surface area (Å²) in [7, 11) is 0. The number of nitrogens with zero attached hydrogens (tertiary/aromatic N) is 1. The van der Waals surface area contributed by atoms with Crippen molar-refractivity contribution >= 4 is 11.4 Å². The van der Waals surface area contributed by atoms with Crippen LogP contribution in [0.15, 0.2) is 12.1 Å². The fourth-order valence-corrected chi connectivity index (χ4v) is 2.15. The molecule has 0 saturated carbocycles. The van der Waals surface area contributed by atoms with Crippen LogP contribution >= 0.6 is 0 Å². The predicted molar refractivity (Wildman–Crippen MR) is 74.0 cm³/mol. The molecule has 116 valence electrons. The molecular formula is C13H18N2O6. The normalized spacial score (nSPS) is 29.2. The van der Waals surface area contributed by atoms with E-state index in [0.717, 1.165) is 11.1 Å². The number of hydrogen-bond acceptors (Lipinski definition) is 7. The average molecular weight is 298 g/mol. The average Bonchev–Trinajstić information content (AvgIpc) is 2.43. The van der Waals surface area contributed by atoms with Crippen LogP contribution in [0.5, 0.6) is 0 Å². The van der Waals surface area contributed by atoms with Gasteiger partial charge in [0.15, 0.2) is 6.23 Å². The minimum Gasteiger partial charge on any atom is -0.388 e. The summed E-state index contributed by atoms with van der Waals surface area (Å²) < 4.78 is 5.19. The number of rotatable bonds is 3. The molecule has 0 radical (unpaired) electrons. The maximum atomic E-state index is 11.1. The van der Waals surface area contributed by atoms with Gasteiger partial charge in [-0.25, -0.2) is 0 Å². The Kier molecular flexibility index (Phi) is 4.43. The van der Waals surface area contributed by atoms with Crippen molar-refractivity contribution < 1.29 is 25.0 Å². The zero-order chi connectivity index (χ0) is 15.7. The van der Waals surface area contributed by atoms with Gasteiger partial charge in [0.25, 0.3) is 5.69 Å². The molecular weight excluding hydrogens is 280 g/mol. The van der Waals surface area contributed by atoms with Crippen molar-refractivity contribution in [2.75, 3.05) is 11.9 Å². The van der Waals surface area contributed by atoms with Crippen LogP contribution in [0, 0.1) is 24.0 Å². The summed E-state index contributed by atoms with van der Waals surface area (Å²) in [4.78, 5) is 10.6. The van der Waals surface area contributed by atoms with Crippen LogP contribution in [0.25, 0.3) is 0 Å². The molecule has 0 spiro atoms. The maximum absolute atomic E-state index is 11.1. The molecule has 1 saturated heterocycles. The van der Waals surface area contributed by atoms with E-state index in [4.69, 9.17) is 4.74 Å². The van der Waals surface area contributed by atoms with Crippen molar-refractivity contribution in [1.82, 2.24) is 0 Å². The summed E-state index contributed by atoms with van der Waals surface area (Å²) in [6, 6.07) is 3.01. The van der Waals surface area contributed by atoms with E-state index in [0.29, 0.717) is 0 Å². The number of nitrogens with one attached hydrogen (secondary N) is 1. The minimum atomic E-state index is -1.39. The first-order chi connectivity index (χ1) is 9.81. The number of nitro groups is 1. The van der Waals surface area contributed by atoms with Crippen molar-refractivity contribution in [3.63, 3.8) is 0 Å². The highest BCUT2D eigenvalue weighted by Crippen LogP contribution is 2.30. The van der Waals surface area contributed by atoms with Gasteiger partial charge >= 0.3 is 0 Å². The topological polar surface area (TPSA) is 125 Å². The van der Waals surface area contributed by atoms with Gasteiger partial charge in [-0.05, 0) is 31.0 Å². The molecule has 0 bridgehead atoms. The highest BCUT2D eigenvalue weighted by molar-refractivity contribution is 5.64. The Morgan fingerprint density at radius 3 is 2.48 bits per heavy atom. The van der Waals surface area contributed by atoms with E-state index >= 15 is 0 Å². The Labute approximate surface area is 121 Å². The van der Waals surface area contributed by atoms with Gasteiger partial charge in [0.1, 0.15) is 24.0 Å². The quantitative estimate of drug-likeness (QED) is 0.459. The first-order valence-corrected chi connectivity index (χ1v) is 6.49. The first-order valence-electron chi connectivity index (χ1n) is 6.49. The highest BCUT2D eigenvalue weighted by Gasteiger charge is 2.38. The number of hydrogen-bond donors (Lipinski definition) is 4. The molecule has 8 nitrogen and oxygen atoms in total. The minimum absolute atomic E-state index is 0.144. The number of aliphatic hydroxyl groups is 3. The lowest BCUT2D eigenvalue weighted by molar-refractivity contribution is -0.384. The number of aryl methyl sites for hydroxylation is 2. The fraction of sp³-hybridized carbons (Fsp3) is 0.538. The Morgan fingerprint density at radius 2 is 1.86 bits per heavy atom. The fourth-order valence-electron chi connectivity index (χ4n) is 2.15. The Morgan fingerprint density at radius 1 is 1.24 bits per heavy atom. The lowest BCUT2D eigenvalue weighted by atomic mass is 10.0. The van der Waals surface area contributed by atoms with Crippen molar-refractivity contribution in [1.29, 1.82) is 0 Å². The molecule has 0 amide bonds. The molecule has 4 N–H and O–H groups in total. The summed E-state index contributed by atoms with van der Waals surface area (Å²) in [6.45, 7) is 3.40. The van der Waals surface area contributed by atoms with E-state index in [1.54, 1.807) is 19.9 Å². The standard InChI is InChI=1S/C13H18N2O6/c1-6-3-8(9(15(19)20)4-7(6)2)14-13-12(18)11(17)10(16)5-21-13/h3-4,10-14,16-18H,5H2,1-2H3/t10-,11+,12+,13+/m0/s1. The monoisotopic (exact) mass is 298 g/mol. The van der Waals surface area contributed by atoms with Crippen LogP contribution in [0.4, 0.5) is 11.4 Å². The number of aliphatic hydroxyl groups excluding tert-OH is 3. The highest BCUT2D eigenvalue weighted by atomic mass is 16.6. The van der Waals surface area contributed by atoms with Crippen LogP contribution in [-0.2, 0) is 4.74 Å². The molecule has 1 aliphatic rings. The number of anilines is 1. The van der Waals surface area contributed by atoms with E-state index in [1.165, 1.54) is 6.07 Å². The summed E-state index contributed by atoms with van der Waals surface area (Å²) >= 11 is 0. The van der Waals surface area contributed by atoms with E-state index in [2.05, 4.69) is 5.32 Å². The molecule has 1 heterocycles. The van der Waals surface area contributed by atoms with Crippen molar-refractivity contribution in [3.05, 3.63) is 33.4 Å². The van der Waals surface area contributed by atoms with Gasteiger partial charge in [0.05, 0.1) is 11.5 Å². The molecule has 0 aromatic heterocycles. The van der Waals surface area contributed by atoms with Gasteiger partial charge in [-0.15, -0.1) is 0 Å². The molecule has 4 atom stereocenters. The third kappa shape index (κ3) is 3.13. The van der Waals surface area contributed by atoms with E-state index in [1.807, 2.05) is 0 Å². The summed E-state index contributed by atoms with van der Waals surface area (Å²) in [5, 5.41) is 42.7. The molecule has 0 unspecified atom stereocenters. The molecule has 1 aromatic rings. The second-order valence-corrected chi connectivity index (χ2v) is 5.16. The Balaban J connectivity index is 2.27. The van der Waals surface area contributed by atoms with Crippen LogP contribution in [0.3, 0.4) is 0 Å². The summed E-state index contributed by atoms with van der Waals surface area (Å²) in [6.07, 6.45) is -4.99. The van der Waals surface area contributed by atoms with Crippen molar-refractivity contribution in [2.24, 2.45) is 0 Å². The van der Waals surface area contributed by atoms with Gasteiger partial charge < -0.3 is 25.4 Å². The lowest BCUT2D eigenvalue weighted by Crippen LogP contribution is -2.55. The first kappa shape index (κ1) is 15.6. The SMILES string of the molecule is Cc1cc(N[C@@H]2OC[C@H](O)[C@@H](O)[C@H]2O)c([N+](=O)[O-])cc1C. The molecule has 1 aliphatic heterocycles. The second kappa shape index (κ2) is 5.94. The number of nitro benzene ring substituents is 1. The van der Waals surface area contributed by atoms with Crippen molar-refractivity contribution in [3.8, 4) is 0 Å². The summed E-state index contributed by atoms with van der Waals surface area (Å²) in [5.41, 5.74) is 1.66. The third-order valence-corrected chi connectivity index (χ3v) is 3.61. The zero-order valence-electron chi connectivity index (χ0n) is 11.7. The molecule has 0 aliphatic carbocycles. The third-order valence-electron chi connectivity index (χ3n) is 3.61. The van der Waals surface area contributed by atoms with Gasteiger partial charge in [-0.3, -0.25) is 10.1 Å². The zero-order valence-corrected chi connectivity index (χ0v) is 11.7. The molecule has 1 fully saturated rings. The summed E-state index contributed by atoms with van der Waals surface area (Å²) in [5.74, 6) is 0. The van der Waals surface area contributed by atoms with Crippen LogP contribution < -0.4 is 5.32 Å². The van der Waals surface area contributed by atoms with Gasteiger partial charge in [0.2, 0.25) is 0 Å². The van der Waals surface area contributed by atoms with Crippen LogP contribution in [-0.4, -0.2) is 51.4 Å². The van der Waals surface area contributed by atoms with Crippen molar-refractivity contribution in [2.45, 2.75) is 38.4 Å². The molecule has 2 rings (SSSR count). The Bertz CT molecular complexity index is 550. The van der Waals surface area contributed by atoms with E-state index in [-0.39, 0.29) is 18.0 Å². The molecule has 8 heteroatoms. The maximum Gasteiger partial charge on any atom is 0.292 e. The van der Waals surface area contributed by atoms with Crippen LogP contribution in [0.1, 0.15) is 11.1 Å². The largest absolute Gasteiger partial charge is 0.388 e. The van der Waals surface area contributed by atoms with E-state index < -0.39 is 29.5 Å². The number of benzene rings is 1.